The van der Waals surface area contributed by atoms with Crippen LogP contribution in [-0.4, -0.2) is 36.6 Å². The van der Waals surface area contributed by atoms with Gasteiger partial charge < -0.3 is 14.2 Å². The van der Waals surface area contributed by atoms with Crippen molar-refractivity contribution < 1.29 is 14.2 Å². The van der Waals surface area contributed by atoms with Gasteiger partial charge in [-0.1, -0.05) is 6.58 Å². The summed E-state index contributed by atoms with van der Waals surface area (Å²) in [5.41, 5.74) is 3.95. The lowest BCUT2D eigenvalue weighted by atomic mass is 9.84. The molecule has 0 aliphatic carbocycles. The monoisotopic (exact) mass is 250 g/mol. The van der Waals surface area contributed by atoms with E-state index in [1.54, 1.807) is 0 Å². The summed E-state index contributed by atoms with van der Waals surface area (Å²) in [6, 6.07) is 0. The van der Waals surface area contributed by atoms with E-state index < -0.39 is 0 Å². The van der Waals surface area contributed by atoms with Gasteiger partial charge in [0, 0.05) is 12.8 Å². The van der Waals surface area contributed by atoms with Crippen LogP contribution >= 0.6 is 0 Å². The normalized spacial score (nSPS) is 46.3. The van der Waals surface area contributed by atoms with Gasteiger partial charge in [-0.25, -0.2) is 0 Å². The van der Waals surface area contributed by atoms with Crippen molar-refractivity contribution >= 4 is 0 Å². The van der Waals surface area contributed by atoms with E-state index in [1.165, 1.54) is 5.57 Å². The summed E-state index contributed by atoms with van der Waals surface area (Å²) in [7, 11) is 0. The molecule has 0 saturated carbocycles. The van der Waals surface area contributed by atoms with Crippen LogP contribution in [0.1, 0.15) is 39.5 Å². The molecule has 18 heavy (non-hydrogen) atoms. The van der Waals surface area contributed by atoms with Crippen molar-refractivity contribution in [3.05, 3.63) is 17.9 Å². The van der Waals surface area contributed by atoms with Gasteiger partial charge in [0.1, 0.15) is 5.60 Å². The molecule has 0 aromatic carbocycles. The van der Waals surface area contributed by atoms with Crippen molar-refractivity contribution in [3.63, 3.8) is 0 Å². The molecule has 0 N–H and O–H groups in total. The van der Waals surface area contributed by atoms with E-state index in [9.17, 15) is 0 Å². The molecule has 3 saturated heterocycles. The Morgan fingerprint density at radius 3 is 3.06 bits per heavy atom. The van der Waals surface area contributed by atoms with Crippen molar-refractivity contribution in [1.82, 2.24) is 0 Å². The molecular formula is C15H22O3. The van der Waals surface area contributed by atoms with Gasteiger partial charge in [0.2, 0.25) is 0 Å². The second-order valence-electron chi connectivity index (χ2n) is 5.93. The van der Waals surface area contributed by atoms with E-state index in [1.807, 2.05) is 0 Å². The molecule has 0 amide bonds. The number of rotatable bonds is 2. The smallest absolute Gasteiger partial charge is 0.120 e. The summed E-state index contributed by atoms with van der Waals surface area (Å²) in [6.07, 6.45) is 5.00. The molecule has 3 fully saturated rings. The van der Waals surface area contributed by atoms with Gasteiger partial charge in [-0.3, -0.25) is 0 Å². The predicted molar refractivity (Wildman–Crippen MR) is 68.5 cm³/mol. The van der Waals surface area contributed by atoms with Crippen LogP contribution in [0.25, 0.3) is 0 Å². The molecule has 0 radical (unpaired) electrons. The quantitative estimate of drug-likeness (QED) is 0.705. The molecule has 3 rings (SSSR count). The maximum Gasteiger partial charge on any atom is 0.120 e. The fourth-order valence-electron chi connectivity index (χ4n) is 3.44. The lowest BCUT2D eigenvalue weighted by molar-refractivity contribution is -0.188. The van der Waals surface area contributed by atoms with Gasteiger partial charge in [-0.15, -0.1) is 5.73 Å². The number of fused-ring (bicyclic) bond motifs is 1. The number of hydrogen-bond acceptors (Lipinski definition) is 3. The third-order valence-electron chi connectivity index (χ3n) is 4.57. The van der Waals surface area contributed by atoms with Gasteiger partial charge in [0.25, 0.3) is 0 Å². The first-order valence-electron chi connectivity index (χ1n) is 6.93. The summed E-state index contributed by atoms with van der Waals surface area (Å²) in [5, 5.41) is 0. The van der Waals surface area contributed by atoms with Crippen LogP contribution < -0.4 is 0 Å². The second-order valence-corrected chi connectivity index (χ2v) is 5.93. The third-order valence-corrected chi connectivity index (χ3v) is 4.57. The zero-order chi connectivity index (χ0) is 12.8. The number of ether oxygens (including phenoxy) is 3. The SMILES string of the molecule is C=C=C(C)C[C@H]1CC[C@@H]2O[C@@H]3C[C@]2(CO[C@H]3C)O1. The zero-order valence-electron chi connectivity index (χ0n) is 11.3. The average Bonchev–Trinajstić information content (AvgIpc) is 2.68. The summed E-state index contributed by atoms with van der Waals surface area (Å²) in [5.74, 6) is 0. The van der Waals surface area contributed by atoms with Gasteiger partial charge in [-0.2, -0.15) is 0 Å². The molecule has 3 nitrogen and oxygen atoms in total. The summed E-state index contributed by atoms with van der Waals surface area (Å²) >= 11 is 0. The Labute approximate surface area is 109 Å². The second kappa shape index (κ2) is 4.50. The molecule has 100 valence electrons. The summed E-state index contributed by atoms with van der Waals surface area (Å²) < 4.78 is 18.3. The van der Waals surface area contributed by atoms with Crippen LogP contribution in [0.3, 0.4) is 0 Å². The van der Waals surface area contributed by atoms with Gasteiger partial charge >= 0.3 is 0 Å². The van der Waals surface area contributed by atoms with Crippen molar-refractivity contribution in [3.8, 4) is 0 Å². The van der Waals surface area contributed by atoms with Crippen LogP contribution in [0, 0.1) is 0 Å². The molecule has 2 bridgehead atoms. The predicted octanol–water partition coefficient (Wildman–Crippen LogP) is 2.60. The first kappa shape index (κ1) is 12.4. The maximum absolute atomic E-state index is 6.35. The third kappa shape index (κ3) is 1.96. The minimum atomic E-state index is -0.179. The van der Waals surface area contributed by atoms with Crippen molar-refractivity contribution in [2.45, 2.75) is 69.5 Å². The van der Waals surface area contributed by atoms with E-state index in [4.69, 9.17) is 14.2 Å². The molecule has 3 heteroatoms. The average molecular weight is 250 g/mol. The van der Waals surface area contributed by atoms with E-state index >= 15 is 0 Å². The molecule has 0 aromatic heterocycles. The molecular weight excluding hydrogens is 228 g/mol. The van der Waals surface area contributed by atoms with Crippen molar-refractivity contribution in [2.75, 3.05) is 6.61 Å². The van der Waals surface area contributed by atoms with Gasteiger partial charge in [0.05, 0.1) is 31.0 Å². The van der Waals surface area contributed by atoms with Crippen LogP contribution in [0.4, 0.5) is 0 Å². The lowest BCUT2D eigenvalue weighted by Crippen LogP contribution is -2.53. The maximum atomic E-state index is 6.35. The van der Waals surface area contributed by atoms with E-state index in [-0.39, 0.29) is 30.0 Å². The first-order chi connectivity index (χ1) is 8.63. The topological polar surface area (TPSA) is 27.7 Å². The zero-order valence-corrected chi connectivity index (χ0v) is 11.3. The minimum absolute atomic E-state index is 0.179. The van der Waals surface area contributed by atoms with Crippen LogP contribution in [-0.2, 0) is 14.2 Å². The fourth-order valence-corrected chi connectivity index (χ4v) is 3.44. The Bertz CT molecular complexity index is 385. The largest absolute Gasteiger partial charge is 0.373 e. The lowest BCUT2D eigenvalue weighted by Gasteiger charge is -2.43. The number of hydrogen-bond donors (Lipinski definition) is 0. The summed E-state index contributed by atoms with van der Waals surface area (Å²) in [4.78, 5) is 0. The fraction of sp³-hybridized carbons (Fsp3) is 0.800. The van der Waals surface area contributed by atoms with Gasteiger partial charge in [-0.05, 0) is 32.3 Å². The Kier molecular flexibility index (Phi) is 3.11. The molecule has 0 aromatic rings. The standard InChI is InChI=1S/C15H22O3/c1-4-10(2)7-12-5-6-14-15(18-12)8-13(17-14)11(3)16-9-15/h11-14H,1,5-9H2,2-3H3/t11-,12+,13+,14-,15+/m0/s1. The van der Waals surface area contributed by atoms with Crippen LogP contribution in [0.5, 0.6) is 0 Å². The van der Waals surface area contributed by atoms with Crippen LogP contribution in [0.15, 0.2) is 17.9 Å². The van der Waals surface area contributed by atoms with Crippen molar-refractivity contribution in [1.29, 1.82) is 0 Å². The highest BCUT2D eigenvalue weighted by Crippen LogP contribution is 2.46. The molecule has 5 atom stereocenters. The first-order valence-corrected chi connectivity index (χ1v) is 6.93. The van der Waals surface area contributed by atoms with Crippen LogP contribution in [0.2, 0.25) is 0 Å². The van der Waals surface area contributed by atoms with E-state index in [0.29, 0.717) is 6.61 Å². The molecule has 0 unspecified atom stereocenters. The highest BCUT2D eigenvalue weighted by Gasteiger charge is 2.57. The molecule has 3 heterocycles. The van der Waals surface area contributed by atoms with Crippen molar-refractivity contribution in [2.24, 2.45) is 0 Å². The highest BCUT2D eigenvalue weighted by atomic mass is 16.6. The Morgan fingerprint density at radius 2 is 2.28 bits per heavy atom. The van der Waals surface area contributed by atoms with Gasteiger partial charge in [0.15, 0.2) is 0 Å². The van der Waals surface area contributed by atoms with E-state index in [2.05, 4.69) is 26.2 Å². The molecule has 3 aliphatic rings. The Hall–Kier alpha value is -0.600. The Morgan fingerprint density at radius 1 is 1.44 bits per heavy atom. The van der Waals surface area contributed by atoms with E-state index in [0.717, 1.165) is 25.7 Å². The Balaban J connectivity index is 1.73. The highest BCUT2D eigenvalue weighted by molar-refractivity contribution is 5.07. The molecule has 1 spiro atoms. The minimum Gasteiger partial charge on any atom is -0.373 e. The molecule has 3 aliphatic heterocycles. The summed E-state index contributed by atoms with van der Waals surface area (Å²) in [6.45, 7) is 8.54.